The summed E-state index contributed by atoms with van der Waals surface area (Å²) in [5, 5.41) is 4.79. The molecule has 1 amide bonds. The van der Waals surface area contributed by atoms with Gasteiger partial charge >= 0.3 is 0 Å². The maximum Gasteiger partial charge on any atom is 0.251 e. The lowest BCUT2D eigenvalue weighted by Gasteiger charge is -2.19. The molecule has 2 aromatic carbocycles. The lowest BCUT2D eigenvalue weighted by atomic mass is 9.90. The molecular weight excluding hydrogens is 374 g/mol. The largest absolute Gasteiger partial charge is 0.456 e. The van der Waals surface area contributed by atoms with Crippen LogP contribution in [0.2, 0.25) is 0 Å². The minimum Gasteiger partial charge on any atom is -0.456 e. The summed E-state index contributed by atoms with van der Waals surface area (Å²) in [6, 6.07) is 20.1. The Kier molecular flexibility index (Phi) is 5.04. The molecule has 0 fully saturated rings. The third-order valence-corrected chi connectivity index (χ3v) is 5.39. The van der Waals surface area contributed by atoms with Crippen molar-refractivity contribution in [1.29, 1.82) is 0 Å². The highest BCUT2D eigenvalue weighted by Gasteiger charge is 2.21. The van der Waals surface area contributed by atoms with E-state index in [1.807, 2.05) is 74.1 Å². The summed E-state index contributed by atoms with van der Waals surface area (Å²) in [7, 11) is 9.69. The molecule has 0 saturated heterocycles. The minimum atomic E-state index is -0.109. The third kappa shape index (κ3) is 3.32. The van der Waals surface area contributed by atoms with Gasteiger partial charge in [-0.3, -0.25) is 4.79 Å². The van der Waals surface area contributed by atoms with Crippen LogP contribution in [0.1, 0.15) is 10.4 Å². The van der Waals surface area contributed by atoms with Crippen LogP contribution in [0.3, 0.4) is 0 Å². The Balaban J connectivity index is 2.17. The fraction of sp³-hybridized carbons (Fsp3) is 0.200. The van der Waals surface area contributed by atoms with Crippen LogP contribution in [-0.2, 0) is 0 Å². The lowest BCUT2D eigenvalue weighted by Crippen LogP contribution is -2.21. The van der Waals surface area contributed by atoms with E-state index in [9.17, 15) is 4.79 Å². The molecule has 1 heterocycles. The summed E-state index contributed by atoms with van der Waals surface area (Å²) in [6.07, 6.45) is 0. The fourth-order valence-electron chi connectivity index (χ4n) is 3.75. The van der Waals surface area contributed by atoms with Gasteiger partial charge in [-0.2, -0.15) is 0 Å². The number of nitrogens with zero attached hydrogens (tertiary/aromatic N) is 2. The van der Waals surface area contributed by atoms with Crippen molar-refractivity contribution in [3.05, 3.63) is 71.6 Å². The van der Waals surface area contributed by atoms with Crippen LogP contribution in [-0.4, -0.2) is 41.1 Å². The van der Waals surface area contributed by atoms with E-state index >= 15 is 0 Å². The van der Waals surface area contributed by atoms with E-state index in [2.05, 4.69) is 29.6 Å². The monoisotopic (exact) mass is 400 g/mol. The first-order chi connectivity index (χ1) is 14.4. The summed E-state index contributed by atoms with van der Waals surface area (Å²) < 4.78 is 8.41. The molecule has 0 saturated carbocycles. The van der Waals surface area contributed by atoms with Gasteiger partial charge in [-0.1, -0.05) is 18.2 Å². The van der Waals surface area contributed by atoms with Crippen molar-refractivity contribution in [2.24, 2.45) is 0 Å². The summed E-state index contributed by atoms with van der Waals surface area (Å²) >= 11 is 0. The van der Waals surface area contributed by atoms with Crippen LogP contribution in [0.4, 0.5) is 5.69 Å². The van der Waals surface area contributed by atoms with E-state index in [0.717, 1.165) is 44.5 Å². The molecule has 2 aromatic rings. The van der Waals surface area contributed by atoms with E-state index in [-0.39, 0.29) is 5.91 Å². The van der Waals surface area contributed by atoms with Gasteiger partial charge in [-0.15, -0.1) is 0 Å². The first-order valence-corrected chi connectivity index (χ1v) is 9.90. The maximum absolute atomic E-state index is 12.6. The number of hydrogen-bond acceptors (Lipinski definition) is 3. The molecular formula is C25H26N3O2+. The Morgan fingerprint density at radius 3 is 2.43 bits per heavy atom. The Morgan fingerprint density at radius 2 is 1.73 bits per heavy atom. The zero-order valence-electron chi connectivity index (χ0n) is 18.0. The van der Waals surface area contributed by atoms with Gasteiger partial charge < -0.3 is 14.6 Å². The van der Waals surface area contributed by atoms with Crippen molar-refractivity contribution in [1.82, 2.24) is 9.89 Å². The Morgan fingerprint density at radius 1 is 0.967 bits per heavy atom. The van der Waals surface area contributed by atoms with Crippen molar-refractivity contribution >= 4 is 22.6 Å². The molecule has 1 aliphatic carbocycles. The van der Waals surface area contributed by atoms with E-state index in [1.165, 1.54) is 0 Å². The predicted octanol–water partition coefficient (Wildman–Crippen LogP) is 3.66. The standard InChI is InChI=1S/C25H25N3O2/c1-26-25(29)19-9-7-6-8-18(19)24-20-12-10-16(27(2)3)14-22(20)30-23-15-17(28(4)5)11-13-21(23)24/h6-15H,1-5H3/p+1. The number of nitrogens with one attached hydrogen (secondary N) is 1. The molecule has 5 nitrogen and oxygen atoms in total. The number of hydrogen-bond donors (Lipinski definition) is 1. The molecule has 4 rings (SSSR count). The number of fused-ring (bicyclic) bond motifs is 2. The Hall–Kier alpha value is -3.60. The highest BCUT2D eigenvalue weighted by atomic mass is 16.3. The number of rotatable bonds is 3. The molecule has 30 heavy (non-hydrogen) atoms. The van der Waals surface area contributed by atoms with Crippen LogP contribution in [0.5, 0.6) is 0 Å². The van der Waals surface area contributed by atoms with Gasteiger partial charge in [0.2, 0.25) is 5.36 Å². The highest BCUT2D eigenvalue weighted by molar-refractivity contribution is 6.09. The second-order valence-corrected chi connectivity index (χ2v) is 7.75. The second-order valence-electron chi connectivity index (χ2n) is 7.75. The van der Waals surface area contributed by atoms with Crippen LogP contribution in [0.25, 0.3) is 33.4 Å². The summed E-state index contributed by atoms with van der Waals surface area (Å²) in [4.78, 5) is 14.7. The number of carbonyl (C=O) groups is 1. The Bertz CT molecular complexity index is 1300. The molecule has 5 heteroatoms. The first kappa shape index (κ1) is 19.7. The molecule has 1 aliphatic heterocycles. The molecule has 0 aromatic heterocycles. The number of benzene rings is 3. The average Bonchev–Trinajstić information content (AvgIpc) is 2.76. The SMILES string of the molecule is CNC(=O)c1ccccc1-c1c2ccc(=[N+](C)C)cc-2oc2cc(N(C)C)ccc12. The number of carbonyl (C=O) groups excluding carboxylic acids is 1. The highest BCUT2D eigenvalue weighted by Crippen LogP contribution is 2.41. The van der Waals surface area contributed by atoms with Gasteiger partial charge in [0, 0.05) is 61.0 Å². The first-order valence-electron chi connectivity index (χ1n) is 9.90. The van der Waals surface area contributed by atoms with E-state index in [4.69, 9.17) is 4.42 Å². The molecule has 0 atom stereocenters. The quantitative estimate of drug-likeness (QED) is 0.422. The summed E-state index contributed by atoms with van der Waals surface area (Å²) in [5.41, 5.74) is 5.34. The van der Waals surface area contributed by atoms with Crippen molar-refractivity contribution in [3.63, 3.8) is 0 Å². The van der Waals surface area contributed by atoms with Crippen molar-refractivity contribution in [2.45, 2.75) is 0 Å². The van der Waals surface area contributed by atoms with Crippen LogP contribution >= 0.6 is 0 Å². The lowest BCUT2D eigenvalue weighted by molar-refractivity contribution is 0.0963. The van der Waals surface area contributed by atoms with E-state index in [1.54, 1.807) is 7.05 Å². The Labute approximate surface area is 176 Å². The number of amides is 1. The van der Waals surface area contributed by atoms with Gasteiger partial charge in [0.1, 0.15) is 25.4 Å². The topological polar surface area (TPSA) is 48.5 Å². The minimum absolute atomic E-state index is 0.109. The average molecular weight is 401 g/mol. The third-order valence-electron chi connectivity index (χ3n) is 5.39. The van der Waals surface area contributed by atoms with Crippen molar-refractivity contribution < 1.29 is 9.21 Å². The maximum atomic E-state index is 12.6. The van der Waals surface area contributed by atoms with Gasteiger partial charge in [-0.25, -0.2) is 4.58 Å². The van der Waals surface area contributed by atoms with Crippen LogP contribution in [0, 0.1) is 0 Å². The predicted molar refractivity (Wildman–Crippen MR) is 123 cm³/mol. The van der Waals surface area contributed by atoms with Gasteiger partial charge in [0.05, 0.1) is 6.07 Å². The summed E-state index contributed by atoms with van der Waals surface area (Å²) in [5.74, 6) is 0.675. The van der Waals surface area contributed by atoms with Gasteiger partial charge in [0.15, 0.2) is 0 Å². The van der Waals surface area contributed by atoms with Gasteiger partial charge in [-0.05, 0) is 29.8 Å². The number of anilines is 1. The molecule has 152 valence electrons. The van der Waals surface area contributed by atoms with Gasteiger partial charge in [0.25, 0.3) is 5.91 Å². The molecule has 0 radical (unpaired) electrons. The molecule has 0 bridgehead atoms. The smallest absolute Gasteiger partial charge is 0.251 e. The van der Waals surface area contributed by atoms with Crippen LogP contribution in [0.15, 0.2) is 65.1 Å². The fourth-order valence-corrected chi connectivity index (χ4v) is 3.75. The zero-order valence-corrected chi connectivity index (χ0v) is 18.0. The normalized spacial score (nSPS) is 11.0. The zero-order chi connectivity index (χ0) is 21.4. The van der Waals surface area contributed by atoms with Crippen molar-refractivity contribution in [2.75, 3.05) is 40.1 Å². The molecule has 0 spiro atoms. The second kappa shape index (κ2) is 7.67. The van der Waals surface area contributed by atoms with Crippen molar-refractivity contribution in [3.8, 4) is 22.5 Å². The van der Waals surface area contributed by atoms with Crippen LogP contribution < -0.4 is 20.1 Å². The van der Waals surface area contributed by atoms with E-state index in [0.29, 0.717) is 5.56 Å². The summed E-state index contributed by atoms with van der Waals surface area (Å²) in [6.45, 7) is 0. The molecule has 2 aliphatic rings. The molecule has 0 unspecified atom stereocenters. The van der Waals surface area contributed by atoms with E-state index < -0.39 is 0 Å². The molecule has 1 N–H and O–H groups in total.